The van der Waals surface area contributed by atoms with E-state index < -0.39 is 5.91 Å². The van der Waals surface area contributed by atoms with Gasteiger partial charge < -0.3 is 19.0 Å². The smallest absolute Gasteiger partial charge is 0.319 e. The first kappa shape index (κ1) is 21.2. The van der Waals surface area contributed by atoms with E-state index in [1.165, 1.54) is 11.0 Å². The van der Waals surface area contributed by atoms with Gasteiger partial charge in [0.1, 0.15) is 18.1 Å². The molecule has 0 aliphatic carbocycles. The van der Waals surface area contributed by atoms with E-state index >= 15 is 0 Å². The monoisotopic (exact) mass is 414 g/mol. The minimum atomic E-state index is -0.547. The molecule has 0 atom stereocenters. The summed E-state index contributed by atoms with van der Waals surface area (Å²) in [7, 11) is 3.40. The predicted molar refractivity (Wildman–Crippen MR) is 108 cm³/mol. The van der Waals surface area contributed by atoms with Crippen molar-refractivity contribution in [2.45, 2.75) is 19.4 Å². The molecule has 4 amide bonds. The number of nitrogens with zero attached hydrogens (tertiary/aromatic N) is 2. The first-order chi connectivity index (χ1) is 14.4. The van der Waals surface area contributed by atoms with Crippen molar-refractivity contribution in [3.63, 3.8) is 0 Å². The van der Waals surface area contributed by atoms with Gasteiger partial charge in [-0.05, 0) is 37.1 Å². The van der Waals surface area contributed by atoms with E-state index in [0.29, 0.717) is 37.4 Å². The number of hydrogen-bond acceptors (Lipinski definition) is 5. The van der Waals surface area contributed by atoms with Crippen LogP contribution in [0.2, 0.25) is 0 Å². The van der Waals surface area contributed by atoms with Gasteiger partial charge in [-0.15, -0.1) is 0 Å². The number of furan rings is 1. The van der Waals surface area contributed by atoms with Gasteiger partial charge in [0, 0.05) is 33.1 Å². The number of urea groups is 1. The fraction of sp³-hybridized carbons (Fsp3) is 0.381. The Kier molecular flexibility index (Phi) is 6.95. The first-order valence-corrected chi connectivity index (χ1v) is 9.77. The van der Waals surface area contributed by atoms with Gasteiger partial charge in [-0.25, -0.2) is 4.79 Å². The molecular weight excluding hydrogens is 388 g/mol. The lowest BCUT2D eigenvalue weighted by Crippen LogP contribution is -2.49. The fourth-order valence-electron chi connectivity index (χ4n) is 3.15. The Balaban J connectivity index is 1.42. The molecule has 3 rings (SSSR count). The van der Waals surface area contributed by atoms with E-state index in [0.717, 1.165) is 0 Å². The number of carbonyl (C=O) groups excluding carboxylic acids is 3. The molecule has 0 bridgehead atoms. The van der Waals surface area contributed by atoms with Crippen LogP contribution in [0.25, 0.3) is 0 Å². The van der Waals surface area contributed by atoms with Gasteiger partial charge in [-0.3, -0.25) is 20.4 Å². The van der Waals surface area contributed by atoms with E-state index in [2.05, 4.69) is 10.9 Å². The van der Waals surface area contributed by atoms with Gasteiger partial charge in [0.25, 0.3) is 0 Å². The molecule has 9 heteroatoms. The number of amides is 4. The lowest BCUT2D eigenvalue weighted by molar-refractivity contribution is -0.127. The van der Waals surface area contributed by atoms with Crippen molar-refractivity contribution >= 4 is 17.8 Å². The number of para-hydroxylation sites is 1. The maximum atomic E-state index is 12.3. The molecule has 0 saturated carbocycles. The van der Waals surface area contributed by atoms with E-state index in [9.17, 15) is 14.4 Å². The zero-order valence-electron chi connectivity index (χ0n) is 17.1. The van der Waals surface area contributed by atoms with Crippen molar-refractivity contribution in [2.24, 2.45) is 5.92 Å². The second-order valence-electron chi connectivity index (χ2n) is 7.25. The van der Waals surface area contributed by atoms with Crippen molar-refractivity contribution < 1.29 is 23.5 Å². The molecule has 1 saturated heterocycles. The summed E-state index contributed by atoms with van der Waals surface area (Å²) in [5.41, 5.74) is 4.81. The molecule has 1 aromatic carbocycles. The van der Waals surface area contributed by atoms with Gasteiger partial charge >= 0.3 is 11.9 Å². The second-order valence-corrected chi connectivity index (χ2v) is 7.25. The molecule has 1 aromatic heterocycles. The van der Waals surface area contributed by atoms with Gasteiger partial charge in [-0.2, -0.15) is 0 Å². The van der Waals surface area contributed by atoms with E-state index in [1.54, 1.807) is 25.1 Å². The third kappa shape index (κ3) is 5.53. The predicted octanol–water partition coefficient (Wildman–Crippen LogP) is 2.01. The number of benzene rings is 1. The SMILES string of the molecule is CN(C)C(=O)N1CCC(C(=O)NNC(=O)c2ccc(COc3ccccc3)o2)CC1. The second kappa shape index (κ2) is 9.82. The fourth-order valence-corrected chi connectivity index (χ4v) is 3.15. The molecule has 9 nitrogen and oxygen atoms in total. The summed E-state index contributed by atoms with van der Waals surface area (Å²) >= 11 is 0. The highest BCUT2D eigenvalue weighted by Crippen LogP contribution is 2.18. The number of likely N-dealkylation sites (tertiary alicyclic amines) is 1. The minimum absolute atomic E-state index is 0.0629. The van der Waals surface area contributed by atoms with Gasteiger partial charge in [-0.1, -0.05) is 18.2 Å². The molecule has 160 valence electrons. The van der Waals surface area contributed by atoms with Crippen LogP contribution in [0.3, 0.4) is 0 Å². The van der Waals surface area contributed by atoms with Crippen molar-refractivity contribution in [2.75, 3.05) is 27.2 Å². The minimum Gasteiger partial charge on any atom is -0.486 e. The van der Waals surface area contributed by atoms with E-state index in [-0.39, 0.29) is 30.2 Å². The molecule has 0 spiro atoms. The number of nitrogens with one attached hydrogen (secondary N) is 2. The number of piperidine rings is 1. The standard InChI is InChI=1S/C21H26N4O5/c1-24(2)21(28)25-12-10-15(11-13-25)19(26)22-23-20(27)18-9-8-17(30-18)14-29-16-6-4-3-5-7-16/h3-9,15H,10-14H2,1-2H3,(H,22,26)(H,23,27). The van der Waals surface area contributed by atoms with Crippen LogP contribution in [0, 0.1) is 5.92 Å². The van der Waals surface area contributed by atoms with Crippen LogP contribution >= 0.6 is 0 Å². The third-order valence-electron chi connectivity index (χ3n) is 4.83. The van der Waals surface area contributed by atoms with Crippen LogP contribution < -0.4 is 15.6 Å². The van der Waals surface area contributed by atoms with Crippen molar-refractivity contribution in [3.05, 3.63) is 54.0 Å². The summed E-state index contributed by atoms with van der Waals surface area (Å²) in [5.74, 6) is 0.184. The molecule has 1 fully saturated rings. The zero-order chi connectivity index (χ0) is 21.5. The molecule has 1 aliphatic heterocycles. The summed E-state index contributed by atoms with van der Waals surface area (Å²) in [6.45, 7) is 1.20. The number of hydrogen-bond donors (Lipinski definition) is 2. The largest absolute Gasteiger partial charge is 0.486 e. The Hall–Kier alpha value is -3.49. The first-order valence-electron chi connectivity index (χ1n) is 9.77. The van der Waals surface area contributed by atoms with Crippen molar-refractivity contribution in [3.8, 4) is 5.75 Å². The van der Waals surface area contributed by atoms with Crippen molar-refractivity contribution in [1.82, 2.24) is 20.7 Å². The third-order valence-corrected chi connectivity index (χ3v) is 4.83. The topological polar surface area (TPSA) is 104 Å². The zero-order valence-corrected chi connectivity index (χ0v) is 17.1. The Morgan fingerprint density at radius 1 is 1.07 bits per heavy atom. The van der Waals surface area contributed by atoms with Gasteiger partial charge in [0.2, 0.25) is 5.91 Å². The number of ether oxygens (including phenoxy) is 1. The summed E-state index contributed by atoms with van der Waals surface area (Å²) in [4.78, 5) is 39.7. The average molecular weight is 414 g/mol. The molecule has 2 aromatic rings. The summed E-state index contributed by atoms with van der Waals surface area (Å²) in [6.07, 6.45) is 1.09. The highest BCUT2D eigenvalue weighted by molar-refractivity contribution is 5.93. The lowest BCUT2D eigenvalue weighted by Gasteiger charge is -2.32. The molecule has 1 aliphatic rings. The van der Waals surface area contributed by atoms with Crippen LogP contribution in [-0.2, 0) is 11.4 Å². The van der Waals surface area contributed by atoms with E-state index in [1.807, 2.05) is 30.3 Å². The molecule has 0 unspecified atom stereocenters. The summed E-state index contributed by atoms with van der Waals surface area (Å²) in [6, 6.07) is 12.4. The Morgan fingerprint density at radius 3 is 2.43 bits per heavy atom. The van der Waals surface area contributed by atoms with Crippen LogP contribution in [-0.4, -0.2) is 54.8 Å². The number of hydrazine groups is 1. The normalized spacial score (nSPS) is 14.1. The Labute approximate surface area is 174 Å². The number of rotatable bonds is 5. The Morgan fingerprint density at radius 2 is 1.77 bits per heavy atom. The van der Waals surface area contributed by atoms with Crippen molar-refractivity contribution in [1.29, 1.82) is 0 Å². The highest BCUT2D eigenvalue weighted by Gasteiger charge is 2.28. The van der Waals surface area contributed by atoms with Crippen LogP contribution in [0.4, 0.5) is 4.79 Å². The molecular formula is C21H26N4O5. The van der Waals surface area contributed by atoms with Crippen LogP contribution in [0.1, 0.15) is 29.2 Å². The van der Waals surface area contributed by atoms with Gasteiger partial charge in [0.15, 0.2) is 5.76 Å². The molecule has 2 N–H and O–H groups in total. The van der Waals surface area contributed by atoms with Crippen LogP contribution in [0.15, 0.2) is 46.9 Å². The average Bonchev–Trinajstić information content (AvgIpc) is 3.25. The summed E-state index contributed by atoms with van der Waals surface area (Å²) in [5, 5.41) is 0. The lowest BCUT2D eigenvalue weighted by atomic mass is 9.96. The van der Waals surface area contributed by atoms with E-state index in [4.69, 9.17) is 9.15 Å². The summed E-state index contributed by atoms with van der Waals surface area (Å²) < 4.78 is 11.0. The number of carbonyl (C=O) groups is 3. The molecule has 30 heavy (non-hydrogen) atoms. The maximum absolute atomic E-state index is 12.3. The van der Waals surface area contributed by atoms with Crippen LogP contribution in [0.5, 0.6) is 5.75 Å². The molecule has 2 heterocycles. The molecule has 0 radical (unpaired) electrons. The highest BCUT2D eigenvalue weighted by atomic mass is 16.5. The van der Waals surface area contributed by atoms with Gasteiger partial charge in [0.05, 0.1) is 0 Å². The Bertz CT molecular complexity index is 873. The quantitative estimate of drug-likeness (QED) is 0.729. The maximum Gasteiger partial charge on any atom is 0.319 e.